The number of aromatic nitrogens is 3. The summed E-state index contributed by atoms with van der Waals surface area (Å²) in [7, 11) is 0. The molecular formula is C17H21ClN4OS. The van der Waals surface area contributed by atoms with E-state index in [4.69, 9.17) is 11.6 Å². The van der Waals surface area contributed by atoms with E-state index in [1.807, 2.05) is 42.7 Å². The number of carbonyl (C=O) groups is 1. The average molecular weight is 365 g/mol. The number of nitrogens with one attached hydrogen (secondary N) is 1. The summed E-state index contributed by atoms with van der Waals surface area (Å²) < 4.78 is 1.94. The van der Waals surface area contributed by atoms with Gasteiger partial charge in [-0.15, -0.1) is 16.8 Å². The van der Waals surface area contributed by atoms with Crippen molar-refractivity contribution in [1.29, 1.82) is 0 Å². The lowest BCUT2D eigenvalue weighted by Gasteiger charge is -2.11. The second-order valence-electron chi connectivity index (χ2n) is 5.38. The van der Waals surface area contributed by atoms with Crippen LogP contribution in [0.3, 0.4) is 0 Å². The van der Waals surface area contributed by atoms with Gasteiger partial charge in [0, 0.05) is 23.2 Å². The molecule has 0 spiro atoms. The minimum Gasteiger partial charge on any atom is -0.353 e. The van der Waals surface area contributed by atoms with Gasteiger partial charge in [-0.25, -0.2) is 0 Å². The number of hydrogen-bond acceptors (Lipinski definition) is 4. The number of allylic oxidation sites excluding steroid dienone is 1. The first-order chi connectivity index (χ1) is 11.5. The number of nitrogens with zero attached hydrogens (tertiary/aromatic N) is 3. The fourth-order valence-corrected chi connectivity index (χ4v) is 2.94. The molecule has 1 amide bonds. The van der Waals surface area contributed by atoms with Crippen LogP contribution < -0.4 is 5.32 Å². The average Bonchev–Trinajstić information content (AvgIpc) is 2.97. The third-order valence-corrected chi connectivity index (χ3v) is 4.70. The number of rotatable bonds is 8. The molecule has 5 nitrogen and oxygen atoms in total. The van der Waals surface area contributed by atoms with Crippen molar-refractivity contribution in [2.45, 2.75) is 38.0 Å². The summed E-state index contributed by atoms with van der Waals surface area (Å²) in [5.74, 6) is 1.03. The van der Waals surface area contributed by atoms with E-state index < -0.39 is 0 Å². The standard InChI is InChI=1S/C17H21ClN4OS/c1-4-10-22-16(13-6-8-14(18)9-7-13)20-21-17(22)24-11-15(23)19-12(3)5-2/h4,6-9,12H,1,5,10-11H2,2-3H3,(H,19,23). The minimum absolute atomic E-state index is 0.00412. The van der Waals surface area contributed by atoms with Gasteiger partial charge >= 0.3 is 0 Å². The molecule has 1 aromatic heterocycles. The quantitative estimate of drug-likeness (QED) is 0.571. The predicted octanol–water partition coefficient (Wildman–Crippen LogP) is 3.79. The van der Waals surface area contributed by atoms with Crippen LogP contribution in [-0.2, 0) is 11.3 Å². The molecule has 0 fully saturated rings. The van der Waals surface area contributed by atoms with Gasteiger partial charge in [0.2, 0.25) is 5.91 Å². The summed E-state index contributed by atoms with van der Waals surface area (Å²) in [6.45, 7) is 8.38. The van der Waals surface area contributed by atoms with Gasteiger partial charge < -0.3 is 5.32 Å². The van der Waals surface area contributed by atoms with Crippen LogP contribution in [-0.4, -0.2) is 32.5 Å². The maximum absolute atomic E-state index is 11.9. The summed E-state index contributed by atoms with van der Waals surface area (Å²) in [5, 5.41) is 12.8. The van der Waals surface area contributed by atoms with Gasteiger partial charge in [0.15, 0.2) is 11.0 Å². The number of halogens is 1. The van der Waals surface area contributed by atoms with E-state index in [1.165, 1.54) is 11.8 Å². The third kappa shape index (κ3) is 4.85. The smallest absolute Gasteiger partial charge is 0.230 e. The van der Waals surface area contributed by atoms with Crippen molar-refractivity contribution in [2.24, 2.45) is 0 Å². The molecule has 0 aliphatic rings. The summed E-state index contributed by atoms with van der Waals surface area (Å²) in [6, 6.07) is 7.60. The fourth-order valence-electron chi connectivity index (χ4n) is 2.05. The Morgan fingerprint density at radius 2 is 2.12 bits per heavy atom. The molecular weight excluding hydrogens is 344 g/mol. The van der Waals surface area contributed by atoms with Gasteiger partial charge in [-0.1, -0.05) is 36.4 Å². The van der Waals surface area contributed by atoms with E-state index in [0.717, 1.165) is 17.8 Å². The summed E-state index contributed by atoms with van der Waals surface area (Å²) in [4.78, 5) is 11.9. The maximum atomic E-state index is 11.9. The van der Waals surface area contributed by atoms with Crippen LogP contribution in [0.5, 0.6) is 0 Å². The van der Waals surface area contributed by atoms with Crippen molar-refractivity contribution in [3.8, 4) is 11.4 Å². The molecule has 2 aromatic rings. The number of amides is 1. The fraction of sp³-hybridized carbons (Fsp3) is 0.353. The van der Waals surface area contributed by atoms with Gasteiger partial charge in [-0.3, -0.25) is 9.36 Å². The second kappa shape index (κ2) is 8.89. The van der Waals surface area contributed by atoms with Gasteiger partial charge in [-0.2, -0.15) is 0 Å². The Kier molecular flexibility index (Phi) is 6.87. The topological polar surface area (TPSA) is 59.8 Å². The van der Waals surface area contributed by atoms with E-state index in [0.29, 0.717) is 22.5 Å². The Morgan fingerprint density at radius 1 is 1.42 bits per heavy atom. The van der Waals surface area contributed by atoms with E-state index in [9.17, 15) is 4.79 Å². The zero-order valence-electron chi connectivity index (χ0n) is 13.8. The lowest BCUT2D eigenvalue weighted by Crippen LogP contribution is -2.33. The summed E-state index contributed by atoms with van der Waals surface area (Å²) >= 11 is 7.31. The maximum Gasteiger partial charge on any atom is 0.230 e. The Morgan fingerprint density at radius 3 is 2.75 bits per heavy atom. The Balaban J connectivity index is 2.14. The van der Waals surface area contributed by atoms with E-state index in [1.54, 1.807) is 6.08 Å². The molecule has 1 N–H and O–H groups in total. The van der Waals surface area contributed by atoms with Crippen LogP contribution in [0.1, 0.15) is 20.3 Å². The van der Waals surface area contributed by atoms with E-state index in [2.05, 4.69) is 22.1 Å². The molecule has 0 radical (unpaired) electrons. The molecule has 0 aliphatic carbocycles. The molecule has 1 unspecified atom stereocenters. The highest BCUT2D eigenvalue weighted by Gasteiger charge is 2.15. The predicted molar refractivity (Wildman–Crippen MR) is 99.3 cm³/mol. The van der Waals surface area contributed by atoms with E-state index in [-0.39, 0.29) is 11.9 Å². The normalized spacial score (nSPS) is 12.0. The van der Waals surface area contributed by atoms with Crippen LogP contribution in [0.4, 0.5) is 0 Å². The first-order valence-electron chi connectivity index (χ1n) is 7.77. The highest BCUT2D eigenvalue weighted by Crippen LogP contribution is 2.25. The molecule has 1 heterocycles. The summed E-state index contributed by atoms with van der Waals surface area (Å²) in [6.07, 6.45) is 2.69. The zero-order valence-corrected chi connectivity index (χ0v) is 15.4. The molecule has 1 atom stereocenters. The first-order valence-corrected chi connectivity index (χ1v) is 9.13. The number of carbonyl (C=O) groups excluding carboxylic acids is 1. The molecule has 0 aliphatic heterocycles. The largest absolute Gasteiger partial charge is 0.353 e. The second-order valence-corrected chi connectivity index (χ2v) is 6.76. The Labute approximate surface area is 151 Å². The van der Waals surface area contributed by atoms with Gasteiger partial charge in [0.1, 0.15) is 0 Å². The molecule has 1 aromatic carbocycles. The monoisotopic (exact) mass is 364 g/mol. The van der Waals surface area contributed by atoms with E-state index >= 15 is 0 Å². The molecule has 0 saturated carbocycles. The Hall–Kier alpha value is -1.79. The van der Waals surface area contributed by atoms with Crippen LogP contribution >= 0.6 is 23.4 Å². The van der Waals surface area contributed by atoms with Crippen LogP contribution in [0.15, 0.2) is 42.1 Å². The number of benzene rings is 1. The van der Waals surface area contributed by atoms with Crippen molar-refractivity contribution in [1.82, 2.24) is 20.1 Å². The van der Waals surface area contributed by atoms with Gasteiger partial charge in [-0.05, 0) is 37.6 Å². The Bertz CT molecular complexity index is 699. The first kappa shape index (κ1) is 18.5. The van der Waals surface area contributed by atoms with Crippen LogP contribution in [0.2, 0.25) is 5.02 Å². The van der Waals surface area contributed by atoms with Crippen LogP contribution in [0.25, 0.3) is 11.4 Å². The molecule has 7 heteroatoms. The van der Waals surface area contributed by atoms with Gasteiger partial charge in [0.05, 0.1) is 5.75 Å². The lowest BCUT2D eigenvalue weighted by molar-refractivity contribution is -0.119. The molecule has 128 valence electrons. The lowest BCUT2D eigenvalue weighted by atomic mass is 10.2. The summed E-state index contributed by atoms with van der Waals surface area (Å²) in [5.41, 5.74) is 0.921. The van der Waals surface area contributed by atoms with Crippen molar-refractivity contribution in [2.75, 3.05) is 5.75 Å². The highest BCUT2D eigenvalue weighted by molar-refractivity contribution is 7.99. The molecule has 0 bridgehead atoms. The van der Waals surface area contributed by atoms with Crippen molar-refractivity contribution < 1.29 is 4.79 Å². The van der Waals surface area contributed by atoms with Gasteiger partial charge in [0.25, 0.3) is 0 Å². The van der Waals surface area contributed by atoms with Crippen molar-refractivity contribution >= 4 is 29.3 Å². The zero-order chi connectivity index (χ0) is 17.5. The SMILES string of the molecule is C=CCn1c(SCC(=O)NC(C)CC)nnc1-c1ccc(Cl)cc1. The van der Waals surface area contributed by atoms with Crippen molar-refractivity contribution in [3.63, 3.8) is 0 Å². The molecule has 0 saturated heterocycles. The third-order valence-electron chi connectivity index (χ3n) is 3.48. The number of thioether (sulfide) groups is 1. The minimum atomic E-state index is -0.00412. The molecule has 24 heavy (non-hydrogen) atoms. The van der Waals surface area contributed by atoms with Crippen molar-refractivity contribution in [3.05, 3.63) is 41.9 Å². The highest BCUT2D eigenvalue weighted by atomic mass is 35.5. The molecule has 2 rings (SSSR count). The number of hydrogen-bond donors (Lipinski definition) is 1. The van der Waals surface area contributed by atoms with Crippen LogP contribution in [0, 0.1) is 0 Å².